The lowest BCUT2D eigenvalue weighted by Crippen LogP contribution is -2.29. The SMILES string of the molecule is Cc1cccc(OCCNC(=O)CSc2nnc(C(F)(F)F)n2N)c1. The number of rotatable bonds is 7. The molecule has 0 spiro atoms. The molecule has 0 aliphatic heterocycles. The van der Waals surface area contributed by atoms with Gasteiger partial charge in [-0.05, 0) is 24.6 Å². The fraction of sp³-hybridized carbons (Fsp3) is 0.357. The van der Waals surface area contributed by atoms with Gasteiger partial charge in [-0.3, -0.25) is 4.79 Å². The minimum absolute atomic E-state index is 0.141. The number of nitrogen functional groups attached to an aromatic ring is 1. The van der Waals surface area contributed by atoms with E-state index in [0.717, 1.165) is 17.3 Å². The quantitative estimate of drug-likeness (QED) is 0.434. The van der Waals surface area contributed by atoms with Crippen molar-refractivity contribution in [2.24, 2.45) is 0 Å². The Morgan fingerprint density at radius 1 is 1.40 bits per heavy atom. The van der Waals surface area contributed by atoms with Crippen LogP contribution in [-0.2, 0) is 11.0 Å². The van der Waals surface area contributed by atoms with E-state index in [0.29, 0.717) is 10.4 Å². The first-order chi connectivity index (χ1) is 11.8. The Balaban J connectivity index is 1.72. The van der Waals surface area contributed by atoms with Crippen LogP contribution in [0.15, 0.2) is 29.4 Å². The zero-order chi connectivity index (χ0) is 18.4. The summed E-state index contributed by atoms with van der Waals surface area (Å²) in [7, 11) is 0. The van der Waals surface area contributed by atoms with Crippen LogP contribution in [0.4, 0.5) is 13.2 Å². The second kappa shape index (κ2) is 8.10. The van der Waals surface area contributed by atoms with Crippen LogP contribution in [0.25, 0.3) is 0 Å². The average Bonchev–Trinajstić information content (AvgIpc) is 2.90. The summed E-state index contributed by atoms with van der Waals surface area (Å²) in [6.45, 7) is 2.47. The van der Waals surface area contributed by atoms with E-state index in [2.05, 4.69) is 15.5 Å². The summed E-state index contributed by atoms with van der Waals surface area (Å²) in [5.74, 6) is 4.13. The molecule has 0 aliphatic rings. The van der Waals surface area contributed by atoms with Crippen molar-refractivity contribution in [3.05, 3.63) is 35.7 Å². The zero-order valence-electron chi connectivity index (χ0n) is 13.2. The van der Waals surface area contributed by atoms with E-state index in [9.17, 15) is 18.0 Å². The third-order valence-electron chi connectivity index (χ3n) is 2.93. The van der Waals surface area contributed by atoms with E-state index in [-0.39, 0.29) is 30.0 Å². The molecule has 7 nitrogen and oxygen atoms in total. The Bertz CT molecular complexity index is 735. The lowest BCUT2D eigenvalue weighted by molar-refractivity contribution is -0.146. The van der Waals surface area contributed by atoms with Gasteiger partial charge in [0, 0.05) is 0 Å². The van der Waals surface area contributed by atoms with Crippen molar-refractivity contribution in [1.29, 1.82) is 0 Å². The second-order valence-corrected chi connectivity index (χ2v) is 5.92. The second-order valence-electron chi connectivity index (χ2n) is 4.98. The molecule has 11 heteroatoms. The number of carbonyl (C=O) groups is 1. The van der Waals surface area contributed by atoms with E-state index in [4.69, 9.17) is 10.6 Å². The minimum Gasteiger partial charge on any atom is -0.492 e. The smallest absolute Gasteiger partial charge is 0.453 e. The number of nitrogens with one attached hydrogen (secondary N) is 1. The first kappa shape index (κ1) is 18.9. The fourth-order valence-corrected chi connectivity index (χ4v) is 2.50. The lowest BCUT2D eigenvalue weighted by atomic mass is 10.2. The number of ether oxygens (including phenoxy) is 1. The van der Waals surface area contributed by atoms with Crippen LogP contribution >= 0.6 is 11.8 Å². The maximum Gasteiger partial charge on any atom is 0.453 e. The molecule has 25 heavy (non-hydrogen) atoms. The standard InChI is InChI=1S/C14H16F3N5O2S/c1-9-3-2-4-10(7-9)24-6-5-19-11(23)8-25-13-21-20-12(22(13)18)14(15,16)17/h2-4,7H,5-6,8,18H2,1H3,(H,19,23). The van der Waals surface area contributed by atoms with Crippen molar-refractivity contribution >= 4 is 17.7 Å². The molecule has 0 radical (unpaired) electrons. The summed E-state index contributed by atoms with van der Waals surface area (Å²) in [5, 5.41) is 8.69. The fourth-order valence-electron chi connectivity index (χ4n) is 1.81. The molecule has 0 unspecified atom stereocenters. The first-order valence-corrected chi connectivity index (χ1v) is 8.12. The number of nitrogens with two attached hydrogens (primary N) is 1. The maximum absolute atomic E-state index is 12.5. The van der Waals surface area contributed by atoms with Crippen molar-refractivity contribution in [3.63, 3.8) is 0 Å². The Labute approximate surface area is 145 Å². The maximum atomic E-state index is 12.5. The van der Waals surface area contributed by atoms with Crippen LogP contribution in [0.3, 0.4) is 0 Å². The van der Waals surface area contributed by atoms with E-state index in [1.807, 2.05) is 25.1 Å². The van der Waals surface area contributed by atoms with Gasteiger partial charge in [0.1, 0.15) is 12.4 Å². The molecule has 2 rings (SSSR count). The van der Waals surface area contributed by atoms with Gasteiger partial charge in [0.15, 0.2) is 0 Å². The molecule has 136 valence electrons. The lowest BCUT2D eigenvalue weighted by Gasteiger charge is -2.08. The van der Waals surface area contributed by atoms with Crippen molar-refractivity contribution in [1.82, 2.24) is 20.2 Å². The Kier molecular flexibility index (Phi) is 6.12. The third-order valence-corrected chi connectivity index (χ3v) is 3.88. The van der Waals surface area contributed by atoms with Gasteiger partial charge in [-0.15, -0.1) is 10.2 Å². The summed E-state index contributed by atoms with van der Waals surface area (Å²) >= 11 is 0.760. The number of carbonyl (C=O) groups excluding carboxylic acids is 1. The number of alkyl halides is 3. The summed E-state index contributed by atoms with van der Waals surface area (Å²) in [4.78, 5) is 11.7. The van der Waals surface area contributed by atoms with Gasteiger partial charge in [0.05, 0.1) is 12.3 Å². The van der Waals surface area contributed by atoms with Crippen LogP contribution in [0.2, 0.25) is 0 Å². The van der Waals surface area contributed by atoms with Crippen LogP contribution in [0, 0.1) is 6.92 Å². The number of benzene rings is 1. The highest BCUT2D eigenvalue weighted by Crippen LogP contribution is 2.28. The van der Waals surface area contributed by atoms with Gasteiger partial charge in [0.25, 0.3) is 5.82 Å². The van der Waals surface area contributed by atoms with Gasteiger partial charge in [-0.25, -0.2) is 4.68 Å². The number of hydrogen-bond donors (Lipinski definition) is 2. The van der Waals surface area contributed by atoms with E-state index in [1.165, 1.54) is 0 Å². The molecule has 0 aliphatic carbocycles. The molecule has 0 saturated heterocycles. The Morgan fingerprint density at radius 3 is 2.80 bits per heavy atom. The normalized spacial score (nSPS) is 11.4. The minimum atomic E-state index is -4.70. The molecule has 0 saturated carbocycles. The average molecular weight is 375 g/mol. The molecule has 0 atom stereocenters. The topological polar surface area (TPSA) is 95.1 Å². The molecular weight excluding hydrogens is 359 g/mol. The number of halogens is 3. The largest absolute Gasteiger partial charge is 0.492 e. The van der Waals surface area contributed by atoms with Crippen molar-refractivity contribution in [3.8, 4) is 5.75 Å². The molecule has 3 N–H and O–H groups in total. The first-order valence-electron chi connectivity index (χ1n) is 7.14. The number of hydrogen-bond acceptors (Lipinski definition) is 6. The van der Waals surface area contributed by atoms with Crippen molar-refractivity contribution < 1.29 is 22.7 Å². The molecule has 1 aromatic heterocycles. The van der Waals surface area contributed by atoms with Gasteiger partial charge >= 0.3 is 6.18 Å². The summed E-state index contributed by atoms with van der Waals surface area (Å²) in [5.41, 5.74) is 1.06. The zero-order valence-corrected chi connectivity index (χ0v) is 14.0. The molecule has 2 aromatic rings. The highest BCUT2D eigenvalue weighted by atomic mass is 32.2. The van der Waals surface area contributed by atoms with Gasteiger partial charge < -0.3 is 15.9 Å². The van der Waals surface area contributed by atoms with E-state index >= 15 is 0 Å². The number of amides is 1. The van der Waals surface area contributed by atoms with Crippen LogP contribution in [-0.4, -0.2) is 39.7 Å². The predicted octanol–water partition coefficient (Wildman–Crippen LogP) is 1.61. The van der Waals surface area contributed by atoms with Crippen molar-refractivity contribution in [2.75, 3.05) is 24.7 Å². The Hall–Kier alpha value is -2.43. The van der Waals surface area contributed by atoms with Gasteiger partial charge in [-0.1, -0.05) is 23.9 Å². The Morgan fingerprint density at radius 2 is 2.16 bits per heavy atom. The number of thioether (sulfide) groups is 1. The van der Waals surface area contributed by atoms with Gasteiger partial charge in [0.2, 0.25) is 11.1 Å². The van der Waals surface area contributed by atoms with Crippen LogP contribution in [0.1, 0.15) is 11.4 Å². The van der Waals surface area contributed by atoms with Crippen LogP contribution < -0.4 is 15.9 Å². The molecule has 1 amide bonds. The number of aromatic nitrogens is 3. The highest BCUT2D eigenvalue weighted by Gasteiger charge is 2.38. The highest BCUT2D eigenvalue weighted by molar-refractivity contribution is 7.99. The summed E-state index contributed by atoms with van der Waals surface area (Å²) in [6.07, 6.45) is -4.70. The number of nitrogens with zero attached hydrogens (tertiary/aromatic N) is 3. The van der Waals surface area contributed by atoms with Gasteiger partial charge in [-0.2, -0.15) is 13.2 Å². The monoisotopic (exact) mass is 375 g/mol. The van der Waals surface area contributed by atoms with Crippen molar-refractivity contribution in [2.45, 2.75) is 18.3 Å². The van der Waals surface area contributed by atoms with Crippen LogP contribution in [0.5, 0.6) is 5.75 Å². The molecule has 1 aromatic carbocycles. The summed E-state index contributed by atoms with van der Waals surface area (Å²) in [6, 6.07) is 7.46. The van der Waals surface area contributed by atoms with E-state index < -0.39 is 12.0 Å². The molecular formula is C14H16F3N5O2S. The number of aryl methyl sites for hydroxylation is 1. The summed E-state index contributed by atoms with van der Waals surface area (Å²) < 4.78 is 43.4. The molecule has 1 heterocycles. The molecule has 0 bridgehead atoms. The third kappa shape index (κ3) is 5.55. The predicted molar refractivity (Wildman–Crippen MR) is 85.6 cm³/mol. The molecule has 0 fully saturated rings. The van der Waals surface area contributed by atoms with E-state index in [1.54, 1.807) is 6.07 Å².